The molecule has 1 aromatic heterocycles. The van der Waals surface area contributed by atoms with E-state index >= 15 is 0 Å². The van der Waals surface area contributed by atoms with Crippen LogP contribution in [0.3, 0.4) is 0 Å². The summed E-state index contributed by atoms with van der Waals surface area (Å²) in [6.45, 7) is 2.94. The van der Waals surface area contributed by atoms with E-state index in [1.54, 1.807) is 0 Å². The smallest absolute Gasteiger partial charge is 0.135 e. The van der Waals surface area contributed by atoms with Gasteiger partial charge >= 0.3 is 0 Å². The van der Waals surface area contributed by atoms with E-state index in [1.807, 2.05) is 0 Å². The zero-order valence-electron chi connectivity index (χ0n) is 7.19. The zero-order valence-corrected chi connectivity index (χ0v) is 7.19. The van der Waals surface area contributed by atoms with Crippen LogP contribution in [-0.2, 0) is 19.4 Å². The molecule has 66 valence electrons. The lowest BCUT2D eigenvalue weighted by Crippen LogP contribution is -2.24. The first kappa shape index (κ1) is 7.73. The van der Waals surface area contributed by atoms with Gasteiger partial charge < -0.3 is 9.67 Å². The summed E-state index contributed by atoms with van der Waals surface area (Å²) in [4.78, 5) is 0. The van der Waals surface area contributed by atoms with Gasteiger partial charge in [0.05, 0.1) is 6.10 Å². The van der Waals surface area contributed by atoms with Crippen LogP contribution in [0.15, 0.2) is 0 Å². The van der Waals surface area contributed by atoms with Crippen molar-refractivity contribution in [3.63, 3.8) is 0 Å². The molecule has 0 radical (unpaired) electrons. The molecule has 0 fully saturated rings. The standard InChI is InChI=1S/C8H13N3O/c1-2-7-9-10-8-5-6(12)3-4-11(7)8/h6,12H,2-5H2,1H3. The second kappa shape index (κ2) is 2.86. The molecule has 4 nitrogen and oxygen atoms in total. The van der Waals surface area contributed by atoms with E-state index in [0.717, 1.165) is 31.0 Å². The number of rotatable bonds is 1. The van der Waals surface area contributed by atoms with Gasteiger partial charge in [-0.1, -0.05) is 6.92 Å². The Balaban J connectivity index is 2.32. The van der Waals surface area contributed by atoms with Gasteiger partial charge in [-0.05, 0) is 6.42 Å². The number of aliphatic hydroxyl groups is 1. The highest BCUT2D eigenvalue weighted by Crippen LogP contribution is 2.14. The molecule has 0 aliphatic carbocycles. The highest BCUT2D eigenvalue weighted by atomic mass is 16.3. The molecule has 1 N–H and O–H groups in total. The molecule has 0 saturated heterocycles. The van der Waals surface area contributed by atoms with E-state index in [4.69, 9.17) is 0 Å². The van der Waals surface area contributed by atoms with Crippen molar-refractivity contribution >= 4 is 0 Å². The fourth-order valence-electron chi connectivity index (χ4n) is 1.63. The minimum absolute atomic E-state index is 0.216. The van der Waals surface area contributed by atoms with Crippen LogP contribution in [0, 0.1) is 0 Å². The maximum Gasteiger partial charge on any atom is 0.135 e. The summed E-state index contributed by atoms with van der Waals surface area (Å²) in [6.07, 6.45) is 2.19. The number of aromatic nitrogens is 3. The van der Waals surface area contributed by atoms with Crippen LogP contribution in [0.4, 0.5) is 0 Å². The van der Waals surface area contributed by atoms with Gasteiger partial charge in [-0.15, -0.1) is 10.2 Å². The Labute approximate surface area is 71.2 Å². The number of aryl methyl sites for hydroxylation is 1. The third-order valence-corrected chi connectivity index (χ3v) is 2.32. The topological polar surface area (TPSA) is 50.9 Å². The van der Waals surface area contributed by atoms with Crippen LogP contribution in [-0.4, -0.2) is 26.0 Å². The summed E-state index contributed by atoms with van der Waals surface area (Å²) in [5.41, 5.74) is 0. The van der Waals surface area contributed by atoms with Gasteiger partial charge in [0.25, 0.3) is 0 Å². The monoisotopic (exact) mass is 167 g/mol. The van der Waals surface area contributed by atoms with Crippen LogP contribution >= 0.6 is 0 Å². The van der Waals surface area contributed by atoms with Crippen molar-refractivity contribution in [2.45, 2.75) is 38.8 Å². The molecule has 2 rings (SSSR count). The maximum atomic E-state index is 9.36. The summed E-state index contributed by atoms with van der Waals surface area (Å²) in [5, 5.41) is 17.4. The number of fused-ring (bicyclic) bond motifs is 1. The van der Waals surface area contributed by atoms with Gasteiger partial charge in [-0.3, -0.25) is 0 Å². The molecule has 12 heavy (non-hydrogen) atoms. The molecule has 1 unspecified atom stereocenters. The second-order valence-electron chi connectivity index (χ2n) is 3.18. The van der Waals surface area contributed by atoms with Crippen molar-refractivity contribution in [3.05, 3.63) is 11.6 Å². The molecular weight excluding hydrogens is 154 g/mol. The first-order valence-electron chi connectivity index (χ1n) is 4.40. The molecule has 1 atom stereocenters. The van der Waals surface area contributed by atoms with E-state index in [2.05, 4.69) is 21.7 Å². The lowest BCUT2D eigenvalue weighted by molar-refractivity contribution is 0.141. The summed E-state index contributed by atoms with van der Waals surface area (Å²) in [6, 6.07) is 0. The first-order valence-corrected chi connectivity index (χ1v) is 4.40. The number of aliphatic hydroxyl groups excluding tert-OH is 1. The highest BCUT2D eigenvalue weighted by Gasteiger charge is 2.19. The molecule has 0 amide bonds. The van der Waals surface area contributed by atoms with Crippen LogP contribution in [0.5, 0.6) is 0 Å². The van der Waals surface area contributed by atoms with Crippen molar-refractivity contribution in [2.24, 2.45) is 0 Å². The van der Waals surface area contributed by atoms with Crippen LogP contribution in [0.2, 0.25) is 0 Å². The summed E-state index contributed by atoms with van der Waals surface area (Å²) >= 11 is 0. The Morgan fingerprint density at radius 2 is 2.42 bits per heavy atom. The lowest BCUT2D eigenvalue weighted by atomic mass is 10.1. The molecule has 2 heterocycles. The zero-order chi connectivity index (χ0) is 8.55. The van der Waals surface area contributed by atoms with Crippen molar-refractivity contribution in [1.29, 1.82) is 0 Å². The third-order valence-electron chi connectivity index (χ3n) is 2.32. The number of nitrogens with zero attached hydrogens (tertiary/aromatic N) is 3. The summed E-state index contributed by atoms with van der Waals surface area (Å²) in [5.74, 6) is 1.97. The fourth-order valence-corrected chi connectivity index (χ4v) is 1.63. The largest absolute Gasteiger partial charge is 0.393 e. The predicted octanol–water partition coefficient (Wildman–Crippen LogP) is 0.148. The molecule has 0 spiro atoms. The van der Waals surface area contributed by atoms with Gasteiger partial charge in [0.15, 0.2) is 0 Å². The van der Waals surface area contributed by atoms with E-state index in [9.17, 15) is 5.11 Å². The molecular formula is C8H13N3O. The van der Waals surface area contributed by atoms with Crippen LogP contribution in [0.1, 0.15) is 25.0 Å². The average Bonchev–Trinajstić information content (AvgIpc) is 2.46. The van der Waals surface area contributed by atoms with Gasteiger partial charge in [0, 0.05) is 19.4 Å². The van der Waals surface area contributed by atoms with Crippen molar-refractivity contribution in [3.8, 4) is 0 Å². The Morgan fingerprint density at radius 1 is 1.58 bits per heavy atom. The summed E-state index contributed by atoms with van der Waals surface area (Å²) in [7, 11) is 0. The maximum absolute atomic E-state index is 9.36. The average molecular weight is 167 g/mol. The Morgan fingerprint density at radius 3 is 3.17 bits per heavy atom. The van der Waals surface area contributed by atoms with E-state index in [-0.39, 0.29) is 6.10 Å². The van der Waals surface area contributed by atoms with Crippen molar-refractivity contribution in [1.82, 2.24) is 14.8 Å². The minimum atomic E-state index is -0.216. The van der Waals surface area contributed by atoms with Crippen molar-refractivity contribution < 1.29 is 5.11 Å². The number of hydrogen-bond acceptors (Lipinski definition) is 3. The molecule has 0 aromatic carbocycles. The number of hydrogen-bond donors (Lipinski definition) is 1. The molecule has 0 bridgehead atoms. The van der Waals surface area contributed by atoms with Gasteiger partial charge in [-0.2, -0.15) is 0 Å². The lowest BCUT2D eigenvalue weighted by Gasteiger charge is -2.18. The Bertz CT molecular complexity index is 282. The molecule has 1 aliphatic heterocycles. The normalized spacial score (nSPS) is 22.3. The molecule has 0 saturated carbocycles. The van der Waals surface area contributed by atoms with Crippen LogP contribution in [0.25, 0.3) is 0 Å². The quantitative estimate of drug-likeness (QED) is 0.647. The first-order chi connectivity index (χ1) is 5.81. The van der Waals surface area contributed by atoms with E-state index in [1.165, 1.54) is 0 Å². The van der Waals surface area contributed by atoms with E-state index < -0.39 is 0 Å². The molecule has 4 heteroatoms. The highest BCUT2D eigenvalue weighted by molar-refractivity contribution is 5.00. The Kier molecular flexibility index (Phi) is 1.84. The Hall–Kier alpha value is -0.900. The van der Waals surface area contributed by atoms with Crippen molar-refractivity contribution in [2.75, 3.05) is 0 Å². The van der Waals surface area contributed by atoms with Gasteiger partial charge in [0.1, 0.15) is 11.6 Å². The SMILES string of the molecule is CCc1nnc2n1CCC(O)C2. The second-order valence-corrected chi connectivity index (χ2v) is 3.18. The van der Waals surface area contributed by atoms with Crippen LogP contribution < -0.4 is 0 Å². The predicted molar refractivity (Wildman–Crippen MR) is 43.7 cm³/mol. The molecule has 1 aliphatic rings. The third kappa shape index (κ3) is 1.12. The molecule has 1 aromatic rings. The van der Waals surface area contributed by atoms with Gasteiger partial charge in [-0.25, -0.2) is 0 Å². The fraction of sp³-hybridized carbons (Fsp3) is 0.750. The summed E-state index contributed by atoms with van der Waals surface area (Å²) < 4.78 is 2.12. The minimum Gasteiger partial charge on any atom is -0.393 e. The van der Waals surface area contributed by atoms with E-state index in [0.29, 0.717) is 6.42 Å². The van der Waals surface area contributed by atoms with Gasteiger partial charge in [0.2, 0.25) is 0 Å².